The lowest BCUT2D eigenvalue weighted by Gasteiger charge is -2.38. The third kappa shape index (κ3) is 2.79. The van der Waals surface area contributed by atoms with Gasteiger partial charge in [0.2, 0.25) is 0 Å². The van der Waals surface area contributed by atoms with Crippen LogP contribution in [0.5, 0.6) is 0 Å². The number of piperidine rings is 1. The van der Waals surface area contributed by atoms with Crippen molar-refractivity contribution in [1.29, 1.82) is 0 Å². The van der Waals surface area contributed by atoms with Gasteiger partial charge in [0, 0.05) is 28.6 Å². The number of ether oxygens (including phenoxy) is 2. The molecule has 0 unspecified atom stereocenters. The zero-order valence-corrected chi connectivity index (χ0v) is 12.4. The van der Waals surface area contributed by atoms with Gasteiger partial charge in [0.1, 0.15) is 0 Å². The van der Waals surface area contributed by atoms with E-state index in [1.807, 2.05) is 0 Å². The number of rotatable bonds is 1. The summed E-state index contributed by atoms with van der Waals surface area (Å²) in [6.07, 6.45) is 1.69. The fourth-order valence-electron chi connectivity index (χ4n) is 2.75. The fourth-order valence-corrected chi connectivity index (χ4v) is 3.28. The second-order valence-electron chi connectivity index (χ2n) is 5.10. The molecular formula is C14H15Cl2NO3. The molecule has 0 N–H and O–H groups in total. The molecule has 0 aromatic heterocycles. The molecule has 0 saturated carbocycles. The predicted molar refractivity (Wildman–Crippen MR) is 76.2 cm³/mol. The number of likely N-dealkylation sites (tertiary alicyclic amines) is 1. The van der Waals surface area contributed by atoms with Gasteiger partial charge in [-0.3, -0.25) is 4.79 Å². The maximum Gasteiger partial charge on any atom is 0.254 e. The van der Waals surface area contributed by atoms with Crippen molar-refractivity contribution in [3.8, 4) is 0 Å². The van der Waals surface area contributed by atoms with Crippen LogP contribution in [0.3, 0.4) is 0 Å². The number of nitrogens with zero attached hydrogens (tertiary/aromatic N) is 1. The van der Waals surface area contributed by atoms with Crippen molar-refractivity contribution in [2.24, 2.45) is 0 Å². The Morgan fingerprint density at radius 2 is 1.80 bits per heavy atom. The van der Waals surface area contributed by atoms with Crippen LogP contribution in [0, 0.1) is 0 Å². The fraction of sp³-hybridized carbons (Fsp3) is 0.500. The van der Waals surface area contributed by atoms with Crippen molar-refractivity contribution in [2.75, 3.05) is 26.3 Å². The Kier molecular flexibility index (Phi) is 3.91. The van der Waals surface area contributed by atoms with Gasteiger partial charge in [-0.25, -0.2) is 0 Å². The highest BCUT2D eigenvalue weighted by molar-refractivity contribution is 6.35. The SMILES string of the molecule is O=C(c1cc(Cl)cc(Cl)c1)N1CCCC2(C1)OCCO2. The molecule has 0 radical (unpaired) electrons. The molecule has 0 aliphatic carbocycles. The smallest absolute Gasteiger partial charge is 0.254 e. The number of carbonyl (C=O) groups is 1. The van der Waals surface area contributed by atoms with Crippen LogP contribution in [0.2, 0.25) is 10.0 Å². The third-order valence-electron chi connectivity index (χ3n) is 3.63. The van der Waals surface area contributed by atoms with E-state index in [1.165, 1.54) is 0 Å². The van der Waals surface area contributed by atoms with E-state index in [1.54, 1.807) is 23.1 Å². The minimum absolute atomic E-state index is 0.0902. The number of benzene rings is 1. The molecule has 20 heavy (non-hydrogen) atoms. The molecule has 6 heteroatoms. The lowest BCUT2D eigenvalue weighted by Crippen LogP contribution is -2.51. The molecule has 2 aliphatic rings. The Morgan fingerprint density at radius 1 is 1.15 bits per heavy atom. The molecule has 108 valence electrons. The summed E-state index contributed by atoms with van der Waals surface area (Å²) in [6.45, 7) is 2.32. The van der Waals surface area contributed by atoms with Crippen molar-refractivity contribution in [2.45, 2.75) is 18.6 Å². The van der Waals surface area contributed by atoms with E-state index in [-0.39, 0.29) is 5.91 Å². The molecule has 1 aromatic rings. The molecule has 1 aromatic carbocycles. The molecule has 3 rings (SSSR count). The summed E-state index contributed by atoms with van der Waals surface area (Å²) in [5.41, 5.74) is 0.498. The Bertz CT molecular complexity index is 509. The van der Waals surface area contributed by atoms with Crippen molar-refractivity contribution >= 4 is 29.1 Å². The molecule has 2 aliphatic heterocycles. The van der Waals surface area contributed by atoms with Gasteiger partial charge in [-0.1, -0.05) is 23.2 Å². The van der Waals surface area contributed by atoms with Crippen molar-refractivity contribution in [3.05, 3.63) is 33.8 Å². The second kappa shape index (κ2) is 5.53. The number of carbonyl (C=O) groups excluding carboxylic acids is 1. The van der Waals surface area contributed by atoms with E-state index in [2.05, 4.69) is 0 Å². The zero-order valence-electron chi connectivity index (χ0n) is 10.9. The lowest BCUT2D eigenvalue weighted by atomic mass is 10.0. The average molecular weight is 316 g/mol. The summed E-state index contributed by atoms with van der Waals surface area (Å²) >= 11 is 11.9. The standard InChI is InChI=1S/C14H15Cl2NO3/c15-11-6-10(7-12(16)8-11)13(18)17-3-1-2-14(9-17)19-4-5-20-14/h6-8H,1-5,9H2. The van der Waals surface area contributed by atoms with E-state index >= 15 is 0 Å². The first-order valence-corrected chi connectivity index (χ1v) is 7.37. The van der Waals surface area contributed by atoms with E-state index in [0.29, 0.717) is 41.9 Å². The molecule has 2 saturated heterocycles. The van der Waals surface area contributed by atoms with E-state index < -0.39 is 5.79 Å². The van der Waals surface area contributed by atoms with Crippen molar-refractivity contribution in [1.82, 2.24) is 4.90 Å². The van der Waals surface area contributed by atoms with Crippen LogP contribution in [0.4, 0.5) is 0 Å². The predicted octanol–water partition coefficient (Wildman–Crippen LogP) is 2.97. The van der Waals surface area contributed by atoms with Crippen LogP contribution in [0.1, 0.15) is 23.2 Å². The van der Waals surface area contributed by atoms with Gasteiger partial charge in [-0.15, -0.1) is 0 Å². The first-order valence-electron chi connectivity index (χ1n) is 6.61. The molecule has 1 spiro atoms. The molecule has 0 atom stereocenters. The van der Waals surface area contributed by atoms with Crippen LogP contribution in [0.15, 0.2) is 18.2 Å². The van der Waals surface area contributed by atoms with Crippen LogP contribution < -0.4 is 0 Å². The van der Waals surface area contributed by atoms with Crippen LogP contribution in [-0.4, -0.2) is 42.9 Å². The maximum atomic E-state index is 12.5. The van der Waals surface area contributed by atoms with Crippen LogP contribution in [-0.2, 0) is 9.47 Å². The number of hydrogen-bond acceptors (Lipinski definition) is 3. The lowest BCUT2D eigenvalue weighted by molar-refractivity contribution is -0.183. The molecule has 2 fully saturated rings. The summed E-state index contributed by atoms with van der Waals surface area (Å²) in [5, 5.41) is 0.918. The van der Waals surface area contributed by atoms with Gasteiger partial charge in [0.05, 0.1) is 19.8 Å². The number of hydrogen-bond donors (Lipinski definition) is 0. The topological polar surface area (TPSA) is 38.8 Å². The first-order chi connectivity index (χ1) is 9.58. The summed E-state index contributed by atoms with van der Waals surface area (Å²) < 4.78 is 11.4. The highest BCUT2D eigenvalue weighted by Crippen LogP contribution is 2.31. The molecular weight excluding hydrogens is 301 g/mol. The van der Waals surface area contributed by atoms with E-state index in [9.17, 15) is 4.79 Å². The Labute approximate surface area is 127 Å². The normalized spacial score (nSPS) is 21.4. The summed E-state index contributed by atoms with van der Waals surface area (Å²) in [4.78, 5) is 14.3. The summed E-state index contributed by atoms with van der Waals surface area (Å²) in [5.74, 6) is -0.705. The van der Waals surface area contributed by atoms with Gasteiger partial charge in [0.15, 0.2) is 5.79 Å². The van der Waals surface area contributed by atoms with Gasteiger partial charge in [-0.2, -0.15) is 0 Å². The maximum absolute atomic E-state index is 12.5. The van der Waals surface area contributed by atoms with E-state index in [4.69, 9.17) is 32.7 Å². The largest absolute Gasteiger partial charge is 0.346 e. The Hall–Kier alpha value is -0.810. The number of halogens is 2. The molecule has 4 nitrogen and oxygen atoms in total. The summed E-state index contributed by atoms with van der Waals surface area (Å²) in [7, 11) is 0. The molecule has 1 amide bonds. The minimum atomic E-state index is -0.615. The van der Waals surface area contributed by atoms with Crippen molar-refractivity contribution < 1.29 is 14.3 Å². The molecule has 0 bridgehead atoms. The summed E-state index contributed by atoms with van der Waals surface area (Å²) in [6, 6.07) is 4.88. The van der Waals surface area contributed by atoms with Gasteiger partial charge < -0.3 is 14.4 Å². The van der Waals surface area contributed by atoms with Gasteiger partial charge in [-0.05, 0) is 24.6 Å². The Balaban J connectivity index is 1.79. The van der Waals surface area contributed by atoms with Gasteiger partial charge >= 0.3 is 0 Å². The van der Waals surface area contributed by atoms with Crippen LogP contribution >= 0.6 is 23.2 Å². The zero-order chi connectivity index (χ0) is 14.2. The average Bonchev–Trinajstić information content (AvgIpc) is 2.85. The second-order valence-corrected chi connectivity index (χ2v) is 5.97. The monoisotopic (exact) mass is 315 g/mol. The highest BCUT2D eigenvalue weighted by atomic mass is 35.5. The van der Waals surface area contributed by atoms with Crippen molar-refractivity contribution in [3.63, 3.8) is 0 Å². The molecule has 2 heterocycles. The van der Waals surface area contributed by atoms with Gasteiger partial charge in [0.25, 0.3) is 5.91 Å². The van der Waals surface area contributed by atoms with E-state index in [0.717, 1.165) is 12.8 Å². The first kappa shape index (κ1) is 14.1. The highest BCUT2D eigenvalue weighted by Gasteiger charge is 2.42. The quantitative estimate of drug-likeness (QED) is 0.799. The van der Waals surface area contributed by atoms with Crippen LogP contribution in [0.25, 0.3) is 0 Å². The minimum Gasteiger partial charge on any atom is -0.346 e. The third-order valence-corrected chi connectivity index (χ3v) is 4.06. The Morgan fingerprint density at radius 3 is 2.45 bits per heavy atom. The number of amides is 1.